The standard InChI is InChI=1S/C8H12BFO3/c9-5-4(10)8(12)2-3-1-7(3,11)6(8)13-5/h3-6,11-12H,1-2,9H2/t3-,4+,5+,6+,7+,8-/m0/s1. The quantitative estimate of drug-likeness (QED) is 0.456. The van der Waals surface area contributed by atoms with E-state index in [9.17, 15) is 14.6 Å². The van der Waals surface area contributed by atoms with Crippen LogP contribution in [0.3, 0.4) is 0 Å². The van der Waals surface area contributed by atoms with Gasteiger partial charge in [0.1, 0.15) is 25.7 Å². The molecule has 3 aliphatic rings. The molecule has 3 nitrogen and oxygen atoms in total. The van der Waals surface area contributed by atoms with Crippen molar-refractivity contribution < 1.29 is 19.3 Å². The Morgan fingerprint density at radius 3 is 2.54 bits per heavy atom. The lowest BCUT2D eigenvalue weighted by atomic mass is 9.84. The molecule has 0 unspecified atom stereocenters. The van der Waals surface area contributed by atoms with Crippen LogP contribution in [0.4, 0.5) is 4.39 Å². The van der Waals surface area contributed by atoms with Crippen LogP contribution in [0.15, 0.2) is 0 Å². The van der Waals surface area contributed by atoms with E-state index in [1.165, 1.54) is 0 Å². The summed E-state index contributed by atoms with van der Waals surface area (Å²) < 4.78 is 18.8. The molecule has 0 aromatic rings. The second kappa shape index (κ2) is 1.94. The molecule has 2 saturated carbocycles. The van der Waals surface area contributed by atoms with Gasteiger partial charge in [0.15, 0.2) is 0 Å². The highest BCUT2D eigenvalue weighted by atomic mass is 19.1. The van der Waals surface area contributed by atoms with E-state index in [-0.39, 0.29) is 5.92 Å². The summed E-state index contributed by atoms with van der Waals surface area (Å²) in [6.07, 6.45) is -1.05. The predicted molar refractivity (Wildman–Crippen MR) is 44.7 cm³/mol. The largest absolute Gasteiger partial charge is 0.387 e. The first-order valence-corrected chi connectivity index (χ1v) is 4.73. The Morgan fingerprint density at radius 1 is 1.31 bits per heavy atom. The van der Waals surface area contributed by atoms with Crippen molar-refractivity contribution in [1.29, 1.82) is 0 Å². The second-order valence-corrected chi connectivity index (χ2v) is 4.71. The summed E-state index contributed by atoms with van der Waals surface area (Å²) in [5.74, 6) is 0.0493. The highest BCUT2D eigenvalue weighted by molar-refractivity contribution is 6.11. The monoisotopic (exact) mass is 186 g/mol. The minimum absolute atomic E-state index is 0.0493. The molecule has 1 aliphatic heterocycles. The Kier molecular flexibility index (Phi) is 1.23. The fraction of sp³-hybridized carbons (Fsp3) is 1.00. The number of rotatable bonds is 0. The molecular formula is C8H12BFO3. The molecule has 3 fully saturated rings. The van der Waals surface area contributed by atoms with E-state index in [0.29, 0.717) is 12.8 Å². The molecule has 0 bridgehead atoms. The van der Waals surface area contributed by atoms with Crippen molar-refractivity contribution in [2.75, 3.05) is 0 Å². The summed E-state index contributed by atoms with van der Waals surface area (Å²) in [6, 6.07) is -0.597. The van der Waals surface area contributed by atoms with Crippen LogP contribution in [0.1, 0.15) is 12.8 Å². The van der Waals surface area contributed by atoms with Gasteiger partial charge < -0.3 is 14.9 Å². The van der Waals surface area contributed by atoms with Gasteiger partial charge in [-0.25, -0.2) is 4.39 Å². The van der Waals surface area contributed by atoms with E-state index in [4.69, 9.17) is 4.74 Å². The minimum atomic E-state index is -1.42. The van der Waals surface area contributed by atoms with Crippen molar-refractivity contribution in [1.82, 2.24) is 0 Å². The van der Waals surface area contributed by atoms with E-state index < -0.39 is 29.5 Å². The maximum absolute atomic E-state index is 13.5. The number of halogens is 1. The fourth-order valence-electron chi connectivity index (χ4n) is 3.02. The SMILES string of the molecule is B[C@@H]1O[C@@H]2[C@@]3(O)C[C@H]3C[C@]2(O)[C@@H]1F. The van der Waals surface area contributed by atoms with Crippen molar-refractivity contribution in [2.45, 2.75) is 42.3 Å². The van der Waals surface area contributed by atoms with Gasteiger partial charge >= 0.3 is 0 Å². The molecule has 0 radical (unpaired) electrons. The number of ether oxygens (including phenoxy) is 1. The summed E-state index contributed by atoms with van der Waals surface area (Å²) >= 11 is 0. The third-order valence-electron chi connectivity index (χ3n) is 3.84. The van der Waals surface area contributed by atoms with Crippen LogP contribution in [0.5, 0.6) is 0 Å². The summed E-state index contributed by atoms with van der Waals surface area (Å²) in [4.78, 5) is 0. The molecule has 0 amide bonds. The molecule has 3 rings (SSSR count). The van der Waals surface area contributed by atoms with Gasteiger partial charge in [0.25, 0.3) is 0 Å². The molecule has 5 heteroatoms. The number of hydrogen-bond donors (Lipinski definition) is 2. The summed E-state index contributed by atoms with van der Waals surface area (Å²) in [5.41, 5.74) is -2.35. The molecule has 13 heavy (non-hydrogen) atoms. The summed E-state index contributed by atoms with van der Waals surface area (Å²) in [6.45, 7) is 0. The number of alkyl halides is 1. The molecule has 1 saturated heterocycles. The molecule has 2 N–H and O–H groups in total. The molecule has 6 atom stereocenters. The average Bonchev–Trinajstić information content (AvgIpc) is 2.56. The lowest BCUT2D eigenvalue weighted by Crippen LogP contribution is -2.47. The predicted octanol–water partition coefficient (Wildman–Crippen LogP) is -1.43. The number of aliphatic hydroxyl groups is 2. The molecule has 0 aromatic carbocycles. The Balaban J connectivity index is 1.99. The van der Waals surface area contributed by atoms with Crippen LogP contribution in [-0.2, 0) is 4.74 Å². The Morgan fingerprint density at radius 2 is 1.92 bits per heavy atom. The van der Waals surface area contributed by atoms with Gasteiger partial charge in [-0.2, -0.15) is 0 Å². The molecule has 1 heterocycles. The van der Waals surface area contributed by atoms with E-state index >= 15 is 0 Å². The minimum Gasteiger partial charge on any atom is -0.387 e. The van der Waals surface area contributed by atoms with Crippen molar-refractivity contribution in [3.8, 4) is 0 Å². The molecule has 72 valence electrons. The molecule has 0 spiro atoms. The maximum Gasteiger partial charge on any atom is 0.149 e. The Hall–Kier alpha value is -0.125. The lowest BCUT2D eigenvalue weighted by molar-refractivity contribution is -0.0946. The van der Waals surface area contributed by atoms with Gasteiger partial charge in [0, 0.05) is 0 Å². The zero-order valence-corrected chi connectivity index (χ0v) is 7.40. The molecular weight excluding hydrogens is 174 g/mol. The van der Waals surface area contributed by atoms with Crippen molar-refractivity contribution in [3.05, 3.63) is 0 Å². The third-order valence-corrected chi connectivity index (χ3v) is 3.84. The van der Waals surface area contributed by atoms with Crippen LogP contribution in [-0.4, -0.2) is 47.5 Å². The average molecular weight is 186 g/mol. The first-order valence-electron chi connectivity index (χ1n) is 4.73. The van der Waals surface area contributed by atoms with E-state index in [2.05, 4.69) is 0 Å². The van der Waals surface area contributed by atoms with Crippen molar-refractivity contribution >= 4 is 7.85 Å². The molecule has 0 aromatic heterocycles. The van der Waals surface area contributed by atoms with Gasteiger partial charge in [0.05, 0.1) is 11.6 Å². The van der Waals surface area contributed by atoms with Crippen molar-refractivity contribution in [2.24, 2.45) is 5.92 Å². The van der Waals surface area contributed by atoms with Crippen LogP contribution in [0.25, 0.3) is 0 Å². The highest BCUT2D eigenvalue weighted by Gasteiger charge is 2.77. The third kappa shape index (κ3) is 0.728. The Bertz CT molecular complexity index is 276. The smallest absolute Gasteiger partial charge is 0.149 e. The highest BCUT2D eigenvalue weighted by Crippen LogP contribution is 2.64. The second-order valence-electron chi connectivity index (χ2n) is 4.71. The first kappa shape index (κ1) is 8.21. The van der Waals surface area contributed by atoms with Crippen LogP contribution >= 0.6 is 0 Å². The van der Waals surface area contributed by atoms with Gasteiger partial charge in [-0.3, -0.25) is 0 Å². The van der Waals surface area contributed by atoms with Crippen LogP contribution in [0, 0.1) is 5.92 Å². The zero-order chi connectivity index (χ0) is 9.43. The normalized spacial score (nSPS) is 69.2. The molecule has 2 aliphatic carbocycles. The maximum atomic E-state index is 13.5. The van der Waals surface area contributed by atoms with E-state index in [1.807, 2.05) is 0 Å². The number of hydrogen-bond acceptors (Lipinski definition) is 3. The zero-order valence-electron chi connectivity index (χ0n) is 7.40. The van der Waals surface area contributed by atoms with Gasteiger partial charge in [-0.05, 0) is 18.8 Å². The fourth-order valence-corrected chi connectivity index (χ4v) is 3.02. The van der Waals surface area contributed by atoms with Crippen LogP contribution in [0.2, 0.25) is 0 Å². The first-order chi connectivity index (χ1) is 5.98. The lowest BCUT2D eigenvalue weighted by Gasteiger charge is -2.27. The van der Waals surface area contributed by atoms with Gasteiger partial charge in [-0.15, -0.1) is 0 Å². The summed E-state index contributed by atoms with van der Waals surface area (Å²) in [5, 5.41) is 19.9. The van der Waals surface area contributed by atoms with Gasteiger partial charge in [0.2, 0.25) is 0 Å². The van der Waals surface area contributed by atoms with E-state index in [1.54, 1.807) is 7.85 Å². The van der Waals surface area contributed by atoms with Gasteiger partial charge in [-0.1, -0.05) is 0 Å². The van der Waals surface area contributed by atoms with Crippen molar-refractivity contribution in [3.63, 3.8) is 0 Å². The summed E-state index contributed by atoms with van der Waals surface area (Å²) in [7, 11) is 1.60. The Labute approximate surface area is 76.3 Å². The van der Waals surface area contributed by atoms with Crippen LogP contribution < -0.4 is 0 Å². The topological polar surface area (TPSA) is 49.7 Å². The van der Waals surface area contributed by atoms with E-state index in [0.717, 1.165) is 0 Å². The number of fused-ring (bicyclic) bond motifs is 3.